The van der Waals surface area contributed by atoms with E-state index in [0.29, 0.717) is 6.01 Å². The Hall–Kier alpha value is -2.76. The van der Waals surface area contributed by atoms with Crippen molar-refractivity contribution in [2.75, 3.05) is 36.0 Å². The molecule has 0 saturated carbocycles. The van der Waals surface area contributed by atoms with Crippen LogP contribution in [-0.4, -0.2) is 36.1 Å². The second kappa shape index (κ2) is 5.95. The molecule has 2 aromatic heterocycles. The highest BCUT2D eigenvalue weighted by Gasteiger charge is 2.21. The first-order valence-electron chi connectivity index (χ1n) is 8.89. The van der Waals surface area contributed by atoms with Gasteiger partial charge in [0.2, 0.25) is 0 Å². The molecule has 0 amide bonds. The first-order valence-corrected chi connectivity index (χ1v) is 8.89. The van der Waals surface area contributed by atoms with Gasteiger partial charge in [0, 0.05) is 26.2 Å². The molecule has 6 nitrogen and oxygen atoms in total. The fraction of sp³-hybridized carbons (Fsp3) is 0.368. The molecule has 25 heavy (non-hydrogen) atoms. The monoisotopic (exact) mass is 336 g/mol. The van der Waals surface area contributed by atoms with E-state index < -0.39 is 0 Å². The smallest absolute Gasteiger partial charge is 0.298 e. The summed E-state index contributed by atoms with van der Waals surface area (Å²) < 4.78 is 11.9. The predicted molar refractivity (Wildman–Crippen MR) is 97.0 cm³/mol. The number of oxazole rings is 2. The lowest BCUT2D eigenvalue weighted by molar-refractivity contribution is 0.507. The first-order chi connectivity index (χ1) is 12.4. The lowest BCUT2D eigenvalue weighted by Crippen LogP contribution is -2.31. The molecule has 0 atom stereocenters. The van der Waals surface area contributed by atoms with E-state index in [0.717, 1.165) is 73.3 Å². The molecule has 0 N–H and O–H groups in total. The van der Waals surface area contributed by atoms with Gasteiger partial charge in [-0.1, -0.05) is 18.2 Å². The third kappa shape index (κ3) is 2.67. The van der Waals surface area contributed by atoms with Crippen LogP contribution in [0.2, 0.25) is 0 Å². The molecule has 0 unspecified atom stereocenters. The second-order valence-electron chi connectivity index (χ2n) is 6.52. The number of benzene rings is 1. The van der Waals surface area contributed by atoms with E-state index in [2.05, 4.69) is 31.9 Å². The molecule has 1 aliphatic heterocycles. The molecule has 128 valence electrons. The third-order valence-corrected chi connectivity index (χ3v) is 4.82. The van der Waals surface area contributed by atoms with Gasteiger partial charge in [-0.3, -0.25) is 0 Å². The Morgan fingerprint density at radius 2 is 1.56 bits per heavy atom. The highest BCUT2D eigenvalue weighted by molar-refractivity contribution is 5.74. The SMILES string of the molecule is C1=c2nc(N3CCCN(c4nc5ccccc5o4)CC3)oc2=CCC1. The normalized spacial score (nSPS) is 17.8. The number of aromatic nitrogens is 2. The minimum absolute atomic E-state index is 0.705. The highest BCUT2D eigenvalue weighted by atomic mass is 16.4. The summed E-state index contributed by atoms with van der Waals surface area (Å²) in [5, 5.41) is 0.987. The van der Waals surface area contributed by atoms with Gasteiger partial charge in [-0.05, 0) is 37.5 Å². The summed E-state index contributed by atoms with van der Waals surface area (Å²) in [5.74, 6) is 0. The zero-order chi connectivity index (χ0) is 16.6. The molecule has 3 aromatic rings. The van der Waals surface area contributed by atoms with Crippen LogP contribution in [0.15, 0.2) is 33.1 Å². The van der Waals surface area contributed by atoms with Crippen LogP contribution in [0.5, 0.6) is 0 Å². The first kappa shape index (κ1) is 14.6. The van der Waals surface area contributed by atoms with Crippen LogP contribution in [0, 0.1) is 0 Å². The Morgan fingerprint density at radius 3 is 2.36 bits per heavy atom. The predicted octanol–water partition coefficient (Wildman–Crippen LogP) is 1.89. The molecular weight excluding hydrogens is 316 g/mol. The lowest BCUT2D eigenvalue weighted by atomic mass is 10.2. The molecule has 1 fully saturated rings. The number of anilines is 2. The number of hydrogen-bond donors (Lipinski definition) is 0. The van der Waals surface area contributed by atoms with Gasteiger partial charge in [0.15, 0.2) is 11.0 Å². The van der Waals surface area contributed by atoms with Gasteiger partial charge in [0.1, 0.15) is 10.9 Å². The maximum Gasteiger partial charge on any atom is 0.298 e. The molecule has 0 spiro atoms. The van der Waals surface area contributed by atoms with Gasteiger partial charge in [0.25, 0.3) is 12.0 Å². The molecule has 0 bridgehead atoms. The lowest BCUT2D eigenvalue weighted by Gasteiger charge is -2.19. The molecule has 1 saturated heterocycles. The number of fused-ring (bicyclic) bond motifs is 2. The Balaban J connectivity index is 1.37. The Kier molecular flexibility index (Phi) is 3.47. The summed E-state index contributed by atoms with van der Waals surface area (Å²) in [4.78, 5) is 13.7. The third-order valence-electron chi connectivity index (χ3n) is 4.82. The Labute approximate surface area is 145 Å². The summed E-state index contributed by atoms with van der Waals surface area (Å²) in [7, 11) is 0. The van der Waals surface area contributed by atoms with Gasteiger partial charge in [-0.15, -0.1) is 0 Å². The molecule has 3 heterocycles. The second-order valence-corrected chi connectivity index (χ2v) is 6.52. The quantitative estimate of drug-likeness (QED) is 0.712. The van der Waals surface area contributed by atoms with Crippen molar-refractivity contribution in [3.63, 3.8) is 0 Å². The molecule has 6 heteroatoms. The number of para-hydroxylation sites is 2. The number of rotatable bonds is 2. The van der Waals surface area contributed by atoms with Gasteiger partial charge in [0.05, 0.1) is 0 Å². The Morgan fingerprint density at radius 1 is 0.800 bits per heavy atom. The van der Waals surface area contributed by atoms with Gasteiger partial charge in [-0.2, -0.15) is 9.97 Å². The molecule has 2 aliphatic rings. The largest absolute Gasteiger partial charge is 0.424 e. The minimum Gasteiger partial charge on any atom is -0.424 e. The maximum atomic E-state index is 5.96. The van der Waals surface area contributed by atoms with E-state index in [1.165, 1.54) is 0 Å². The van der Waals surface area contributed by atoms with Crippen molar-refractivity contribution in [1.29, 1.82) is 0 Å². The van der Waals surface area contributed by atoms with E-state index in [1.807, 2.05) is 24.3 Å². The van der Waals surface area contributed by atoms with Crippen LogP contribution in [0.25, 0.3) is 23.3 Å². The Bertz CT molecular complexity index is 953. The summed E-state index contributed by atoms with van der Waals surface area (Å²) in [5.41, 5.74) is 2.66. The van der Waals surface area contributed by atoms with Crippen molar-refractivity contribution in [3.05, 3.63) is 35.0 Å². The van der Waals surface area contributed by atoms with Crippen LogP contribution in [0.4, 0.5) is 12.0 Å². The molecule has 5 rings (SSSR count). The summed E-state index contributed by atoms with van der Waals surface area (Å²) in [6.07, 6.45) is 7.38. The van der Waals surface area contributed by atoms with Crippen LogP contribution in [0.3, 0.4) is 0 Å². The van der Waals surface area contributed by atoms with Gasteiger partial charge < -0.3 is 18.6 Å². The average Bonchev–Trinajstić information content (AvgIpc) is 3.19. The number of hydrogen-bond acceptors (Lipinski definition) is 6. The van der Waals surface area contributed by atoms with Gasteiger partial charge >= 0.3 is 0 Å². The van der Waals surface area contributed by atoms with E-state index >= 15 is 0 Å². The molecule has 0 radical (unpaired) electrons. The fourth-order valence-electron chi connectivity index (χ4n) is 3.49. The van der Waals surface area contributed by atoms with Crippen molar-refractivity contribution in [2.45, 2.75) is 19.3 Å². The van der Waals surface area contributed by atoms with Crippen LogP contribution in [0.1, 0.15) is 19.3 Å². The highest BCUT2D eigenvalue weighted by Crippen LogP contribution is 2.23. The minimum atomic E-state index is 0.705. The van der Waals surface area contributed by atoms with Crippen LogP contribution >= 0.6 is 0 Å². The number of nitrogens with zero attached hydrogens (tertiary/aromatic N) is 4. The summed E-state index contributed by atoms with van der Waals surface area (Å²) in [6, 6.07) is 9.34. The van der Waals surface area contributed by atoms with E-state index in [9.17, 15) is 0 Å². The summed E-state index contributed by atoms with van der Waals surface area (Å²) >= 11 is 0. The topological polar surface area (TPSA) is 58.5 Å². The van der Waals surface area contributed by atoms with Crippen molar-refractivity contribution in [2.24, 2.45) is 0 Å². The van der Waals surface area contributed by atoms with Crippen molar-refractivity contribution >= 4 is 35.3 Å². The fourth-order valence-corrected chi connectivity index (χ4v) is 3.49. The molecular formula is C19H20N4O2. The zero-order valence-corrected chi connectivity index (χ0v) is 14.0. The van der Waals surface area contributed by atoms with Crippen molar-refractivity contribution in [3.8, 4) is 0 Å². The van der Waals surface area contributed by atoms with E-state index in [-0.39, 0.29) is 0 Å². The van der Waals surface area contributed by atoms with Gasteiger partial charge in [-0.25, -0.2) is 0 Å². The van der Waals surface area contributed by atoms with Crippen molar-refractivity contribution in [1.82, 2.24) is 9.97 Å². The maximum absolute atomic E-state index is 5.96. The zero-order valence-electron chi connectivity index (χ0n) is 14.0. The molecule has 1 aromatic carbocycles. The van der Waals surface area contributed by atoms with Crippen LogP contribution in [-0.2, 0) is 0 Å². The summed E-state index contributed by atoms with van der Waals surface area (Å²) in [6.45, 7) is 3.53. The van der Waals surface area contributed by atoms with E-state index in [1.54, 1.807) is 0 Å². The molecule has 1 aliphatic carbocycles. The van der Waals surface area contributed by atoms with Crippen molar-refractivity contribution < 1.29 is 8.83 Å². The average molecular weight is 336 g/mol. The standard InChI is InChI=1S/C19H20N4O2/c1-3-8-16-14(6-1)20-18(24-16)22-10-5-11-23(13-12-22)19-21-15-7-2-4-9-17(15)25-19/h1,3,6-9H,2,4-5,10-13H2. The van der Waals surface area contributed by atoms with E-state index in [4.69, 9.17) is 8.83 Å². The van der Waals surface area contributed by atoms with Crippen LogP contribution < -0.4 is 20.6 Å².